The van der Waals surface area contributed by atoms with Crippen molar-refractivity contribution in [2.24, 2.45) is 0 Å². The molecule has 18 heavy (non-hydrogen) atoms. The van der Waals surface area contributed by atoms with Crippen LogP contribution in [-0.2, 0) is 0 Å². The Morgan fingerprint density at radius 3 is 2.17 bits per heavy atom. The SMILES string of the molecule is Cc1ccc(C(C)NCCN(C(C)C)C(C)C)o1. The lowest BCUT2D eigenvalue weighted by Gasteiger charge is -2.30. The fourth-order valence-corrected chi connectivity index (χ4v) is 2.31. The second-order valence-corrected chi connectivity index (χ2v) is 5.55. The van der Waals surface area contributed by atoms with E-state index in [4.69, 9.17) is 4.42 Å². The van der Waals surface area contributed by atoms with Crippen LogP contribution < -0.4 is 5.32 Å². The lowest BCUT2D eigenvalue weighted by Crippen LogP contribution is -2.41. The van der Waals surface area contributed by atoms with Gasteiger partial charge in [-0.3, -0.25) is 4.90 Å². The topological polar surface area (TPSA) is 28.4 Å². The van der Waals surface area contributed by atoms with Crippen LogP contribution >= 0.6 is 0 Å². The molecule has 0 fully saturated rings. The number of furan rings is 1. The molecule has 0 aliphatic heterocycles. The summed E-state index contributed by atoms with van der Waals surface area (Å²) in [5.74, 6) is 2.00. The summed E-state index contributed by atoms with van der Waals surface area (Å²) < 4.78 is 5.62. The summed E-state index contributed by atoms with van der Waals surface area (Å²) in [5, 5.41) is 3.52. The first kappa shape index (κ1) is 15.3. The molecule has 3 nitrogen and oxygen atoms in total. The third-order valence-electron chi connectivity index (χ3n) is 3.34. The van der Waals surface area contributed by atoms with Gasteiger partial charge in [0.1, 0.15) is 11.5 Å². The zero-order chi connectivity index (χ0) is 13.7. The van der Waals surface area contributed by atoms with Crippen molar-refractivity contribution in [2.45, 2.75) is 59.7 Å². The quantitative estimate of drug-likeness (QED) is 0.806. The fraction of sp³-hybridized carbons (Fsp3) is 0.733. The molecular weight excluding hydrogens is 224 g/mol. The number of hydrogen-bond donors (Lipinski definition) is 1. The Morgan fingerprint density at radius 2 is 1.72 bits per heavy atom. The van der Waals surface area contributed by atoms with Gasteiger partial charge in [0.25, 0.3) is 0 Å². The normalized spacial score (nSPS) is 13.8. The fourth-order valence-electron chi connectivity index (χ4n) is 2.31. The van der Waals surface area contributed by atoms with Crippen LogP contribution in [-0.4, -0.2) is 30.1 Å². The van der Waals surface area contributed by atoms with E-state index >= 15 is 0 Å². The standard InChI is InChI=1S/C15H28N2O/c1-11(2)17(12(3)4)10-9-16-14(6)15-8-7-13(5)18-15/h7-8,11-12,14,16H,9-10H2,1-6H3. The molecule has 104 valence electrons. The second-order valence-electron chi connectivity index (χ2n) is 5.55. The number of nitrogens with one attached hydrogen (secondary N) is 1. The van der Waals surface area contributed by atoms with E-state index in [0.717, 1.165) is 24.6 Å². The van der Waals surface area contributed by atoms with Crippen molar-refractivity contribution < 1.29 is 4.42 Å². The summed E-state index contributed by atoms with van der Waals surface area (Å²) in [6.45, 7) is 15.2. The van der Waals surface area contributed by atoms with Gasteiger partial charge in [-0.1, -0.05) is 0 Å². The van der Waals surface area contributed by atoms with E-state index in [9.17, 15) is 0 Å². The van der Waals surface area contributed by atoms with Crippen LogP contribution in [0.3, 0.4) is 0 Å². The summed E-state index contributed by atoms with van der Waals surface area (Å²) in [4.78, 5) is 2.49. The largest absolute Gasteiger partial charge is 0.465 e. The molecule has 3 heteroatoms. The number of rotatable bonds is 7. The summed E-state index contributed by atoms with van der Waals surface area (Å²) >= 11 is 0. The minimum atomic E-state index is 0.278. The van der Waals surface area contributed by atoms with Crippen molar-refractivity contribution in [3.8, 4) is 0 Å². The maximum Gasteiger partial charge on any atom is 0.120 e. The highest BCUT2D eigenvalue weighted by Gasteiger charge is 2.14. The lowest BCUT2D eigenvalue weighted by atomic mass is 10.2. The number of aryl methyl sites for hydroxylation is 1. The minimum Gasteiger partial charge on any atom is -0.465 e. The van der Waals surface area contributed by atoms with Gasteiger partial charge < -0.3 is 9.73 Å². The van der Waals surface area contributed by atoms with Crippen molar-refractivity contribution in [3.63, 3.8) is 0 Å². The highest BCUT2D eigenvalue weighted by atomic mass is 16.3. The number of nitrogens with zero attached hydrogens (tertiary/aromatic N) is 1. The van der Waals surface area contributed by atoms with Crippen molar-refractivity contribution in [3.05, 3.63) is 23.7 Å². The molecule has 1 aromatic rings. The van der Waals surface area contributed by atoms with Gasteiger partial charge in [0.15, 0.2) is 0 Å². The highest BCUT2D eigenvalue weighted by Crippen LogP contribution is 2.15. The molecule has 0 aliphatic rings. The van der Waals surface area contributed by atoms with Crippen LogP contribution in [0.1, 0.15) is 52.2 Å². The van der Waals surface area contributed by atoms with Gasteiger partial charge in [0.05, 0.1) is 6.04 Å². The second kappa shape index (κ2) is 6.95. The van der Waals surface area contributed by atoms with Crippen LogP contribution in [0.25, 0.3) is 0 Å². The summed E-state index contributed by atoms with van der Waals surface area (Å²) in [5.41, 5.74) is 0. The van der Waals surface area contributed by atoms with Crippen LogP contribution in [0.4, 0.5) is 0 Å². The molecule has 0 aromatic carbocycles. The maximum atomic E-state index is 5.62. The minimum absolute atomic E-state index is 0.278. The van der Waals surface area contributed by atoms with E-state index in [-0.39, 0.29) is 6.04 Å². The van der Waals surface area contributed by atoms with Crippen LogP contribution in [0.5, 0.6) is 0 Å². The van der Waals surface area contributed by atoms with Crippen molar-refractivity contribution in [1.82, 2.24) is 10.2 Å². The Labute approximate surface area is 112 Å². The van der Waals surface area contributed by atoms with Gasteiger partial charge in [0.2, 0.25) is 0 Å². The molecule has 0 aliphatic carbocycles. The Morgan fingerprint density at radius 1 is 1.11 bits per heavy atom. The van der Waals surface area contributed by atoms with Gasteiger partial charge in [-0.2, -0.15) is 0 Å². The van der Waals surface area contributed by atoms with Crippen molar-refractivity contribution >= 4 is 0 Å². The molecule has 0 saturated carbocycles. The molecule has 1 unspecified atom stereocenters. The van der Waals surface area contributed by atoms with E-state index in [2.05, 4.69) is 50.9 Å². The third-order valence-corrected chi connectivity index (χ3v) is 3.34. The van der Waals surface area contributed by atoms with Gasteiger partial charge >= 0.3 is 0 Å². The first-order chi connectivity index (χ1) is 8.41. The Bertz CT molecular complexity index is 336. The number of hydrogen-bond acceptors (Lipinski definition) is 3. The Hall–Kier alpha value is -0.800. The molecule has 1 atom stereocenters. The monoisotopic (exact) mass is 252 g/mol. The molecule has 0 radical (unpaired) electrons. The van der Waals surface area contributed by atoms with Crippen LogP contribution in [0.2, 0.25) is 0 Å². The molecular formula is C15H28N2O. The zero-order valence-electron chi connectivity index (χ0n) is 12.7. The summed E-state index contributed by atoms with van der Waals surface area (Å²) in [7, 11) is 0. The van der Waals surface area contributed by atoms with Gasteiger partial charge in [-0.15, -0.1) is 0 Å². The predicted octanol–water partition coefficient (Wildman–Crippen LogP) is 3.36. The molecule has 1 rings (SSSR count). The van der Waals surface area contributed by atoms with E-state index in [1.807, 2.05) is 13.0 Å². The highest BCUT2D eigenvalue weighted by molar-refractivity contribution is 5.08. The molecule has 0 bridgehead atoms. The van der Waals surface area contributed by atoms with E-state index in [1.54, 1.807) is 0 Å². The van der Waals surface area contributed by atoms with Crippen molar-refractivity contribution in [1.29, 1.82) is 0 Å². The predicted molar refractivity (Wildman–Crippen MR) is 76.8 cm³/mol. The van der Waals surface area contributed by atoms with Gasteiger partial charge in [0, 0.05) is 25.2 Å². The van der Waals surface area contributed by atoms with Gasteiger partial charge in [-0.05, 0) is 53.7 Å². The summed E-state index contributed by atoms with van der Waals surface area (Å²) in [6, 6.07) is 5.53. The summed E-state index contributed by atoms with van der Waals surface area (Å²) in [6.07, 6.45) is 0. The average molecular weight is 252 g/mol. The van der Waals surface area contributed by atoms with Crippen LogP contribution in [0, 0.1) is 6.92 Å². The first-order valence-electron chi connectivity index (χ1n) is 6.97. The zero-order valence-corrected chi connectivity index (χ0v) is 12.7. The molecule has 1 N–H and O–H groups in total. The Balaban J connectivity index is 2.37. The van der Waals surface area contributed by atoms with Gasteiger partial charge in [-0.25, -0.2) is 0 Å². The molecule has 0 spiro atoms. The van der Waals surface area contributed by atoms with Crippen molar-refractivity contribution in [2.75, 3.05) is 13.1 Å². The average Bonchev–Trinajstić information content (AvgIpc) is 2.69. The lowest BCUT2D eigenvalue weighted by molar-refractivity contribution is 0.173. The molecule has 0 amide bonds. The Kier molecular flexibility index (Phi) is 5.89. The molecule has 1 aromatic heterocycles. The maximum absolute atomic E-state index is 5.62. The molecule has 0 saturated heterocycles. The van der Waals surface area contributed by atoms with Crippen LogP contribution in [0.15, 0.2) is 16.5 Å². The van der Waals surface area contributed by atoms with E-state index in [0.29, 0.717) is 12.1 Å². The third kappa shape index (κ3) is 4.46. The molecule has 1 heterocycles. The smallest absolute Gasteiger partial charge is 0.120 e. The van der Waals surface area contributed by atoms with E-state index in [1.165, 1.54) is 0 Å². The van der Waals surface area contributed by atoms with E-state index < -0.39 is 0 Å². The first-order valence-corrected chi connectivity index (χ1v) is 6.97.